The molecule has 2 heterocycles. The molecule has 1 aromatic heterocycles. The summed E-state index contributed by atoms with van der Waals surface area (Å²) in [5.74, 6) is 0.632. The fourth-order valence-electron chi connectivity index (χ4n) is 4.01. The molecule has 3 aromatic rings. The number of carbonyl (C=O) groups excluding carboxylic acids is 2. The molecule has 9 heteroatoms. The highest BCUT2D eigenvalue weighted by Gasteiger charge is 2.22. The lowest BCUT2D eigenvalue weighted by Crippen LogP contribution is -2.56. The highest BCUT2D eigenvalue weighted by atomic mass is 16.2. The lowest BCUT2D eigenvalue weighted by atomic mass is 10.0. The minimum absolute atomic E-state index is 0.0179. The van der Waals surface area contributed by atoms with Crippen molar-refractivity contribution in [2.75, 3.05) is 17.2 Å². The average Bonchev–Trinajstić information content (AvgIpc) is 2.90. The Hall–Kier alpha value is -3.82. The zero-order chi connectivity index (χ0) is 25.3. The lowest BCUT2D eigenvalue weighted by Gasteiger charge is -2.33. The van der Waals surface area contributed by atoms with Crippen LogP contribution in [0.4, 0.5) is 17.3 Å². The zero-order valence-corrected chi connectivity index (χ0v) is 20.8. The molecular formula is C27H33N7O2. The molecule has 1 saturated heterocycles. The summed E-state index contributed by atoms with van der Waals surface area (Å²) in [7, 11) is 0. The van der Waals surface area contributed by atoms with E-state index in [9.17, 15) is 9.59 Å². The first-order chi connectivity index (χ1) is 17.6. The van der Waals surface area contributed by atoms with Gasteiger partial charge in [0.15, 0.2) is 0 Å². The number of carbonyl (C=O) groups is 2. The molecule has 4 rings (SSSR count). The van der Waals surface area contributed by atoms with Gasteiger partial charge in [-0.2, -0.15) is 5.53 Å². The summed E-state index contributed by atoms with van der Waals surface area (Å²) in [5, 5.41) is 7.81. The van der Waals surface area contributed by atoms with Crippen molar-refractivity contribution in [2.24, 2.45) is 0 Å². The Balaban J connectivity index is 1.35. The second-order valence-electron chi connectivity index (χ2n) is 8.78. The van der Waals surface area contributed by atoms with E-state index in [2.05, 4.69) is 43.7 Å². The standard InChI is InChI=1S/C27H33N7O2/c1-3-5-25(35)29-21-11-7-19(8-12-21)23-15-17-28-27(31-23)30-22-13-9-20(10-14-22)24-16-18-34(33-32-24)26(36)6-4-2/h7-15,17,24,32-33H,3-6,16,18H2,1-2H3,(H,29,35)(H,28,30,31). The predicted molar refractivity (Wildman–Crippen MR) is 141 cm³/mol. The fourth-order valence-corrected chi connectivity index (χ4v) is 4.01. The van der Waals surface area contributed by atoms with E-state index in [-0.39, 0.29) is 17.9 Å². The van der Waals surface area contributed by atoms with Crippen molar-refractivity contribution in [3.05, 3.63) is 66.4 Å². The Morgan fingerprint density at radius 3 is 2.36 bits per heavy atom. The first kappa shape index (κ1) is 25.3. The summed E-state index contributed by atoms with van der Waals surface area (Å²) in [5.41, 5.74) is 10.8. The third-order valence-corrected chi connectivity index (χ3v) is 5.95. The molecule has 0 aliphatic carbocycles. The Bertz CT molecular complexity index is 1160. The molecule has 2 aromatic carbocycles. The predicted octanol–water partition coefficient (Wildman–Crippen LogP) is 4.71. The van der Waals surface area contributed by atoms with Crippen LogP contribution in [-0.4, -0.2) is 33.3 Å². The zero-order valence-electron chi connectivity index (χ0n) is 20.8. The number of hydrazine groups is 2. The summed E-state index contributed by atoms with van der Waals surface area (Å²) in [6, 6.07) is 17.7. The minimum Gasteiger partial charge on any atom is -0.326 e. The number of rotatable bonds is 9. The molecule has 1 fully saturated rings. The van der Waals surface area contributed by atoms with Gasteiger partial charge in [-0.15, -0.1) is 0 Å². The average molecular weight is 488 g/mol. The number of nitrogens with zero attached hydrogens (tertiary/aromatic N) is 3. The Morgan fingerprint density at radius 1 is 0.972 bits per heavy atom. The van der Waals surface area contributed by atoms with E-state index in [1.54, 1.807) is 11.2 Å². The van der Waals surface area contributed by atoms with E-state index in [4.69, 9.17) is 0 Å². The van der Waals surface area contributed by atoms with Crippen molar-refractivity contribution in [1.29, 1.82) is 0 Å². The SMILES string of the molecule is CCCC(=O)Nc1ccc(-c2ccnc(Nc3ccc(C4CCN(C(=O)CCC)NN4)cc3)n2)cc1. The van der Waals surface area contributed by atoms with Gasteiger partial charge in [-0.1, -0.05) is 38.1 Å². The first-order valence-electron chi connectivity index (χ1n) is 12.5. The number of hydrogen-bond acceptors (Lipinski definition) is 7. The number of aromatic nitrogens is 2. The summed E-state index contributed by atoms with van der Waals surface area (Å²) in [6.45, 7) is 4.65. The molecule has 0 radical (unpaired) electrons. The van der Waals surface area contributed by atoms with E-state index >= 15 is 0 Å². The van der Waals surface area contributed by atoms with Crippen LogP contribution in [0.3, 0.4) is 0 Å². The van der Waals surface area contributed by atoms with Crippen molar-refractivity contribution in [2.45, 2.75) is 52.0 Å². The van der Waals surface area contributed by atoms with Crippen LogP contribution in [0.15, 0.2) is 60.8 Å². The summed E-state index contributed by atoms with van der Waals surface area (Å²) >= 11 is 0. The monoisotopic (exact) mass is 487 g/mol. The minimum atomic E-state index is 0.0179. The highest BCUT2D eigenvalue weighted by Crippen LogP contribution is 2.24. The second-order valence-corrected chi connectivity index (χ2v) is 8.78. The van der Waals surface area contributed by atoms with E-state index in [0.29, 0.717) is 25.3 Å². The van der Waals surface area contributed by atoms with Crippen molar-refractivity contribution >= 4 is 29.1 Å². The van der Waals surface area contributed by atoms with Crippen LogP contribution in [-0.2, 0) is 9.59 Å². The smallest absolute Gasteiger partial charge is 0.237 e. The molecule has 9 nitrogen and oxygen atoms in total. The molecule has 188 valence electrons. The van der Waals surface area contributed by atoms with Gasteiger partial charge in [-0.25, -0.2) is 15.4 Å². The fraction of sp³-hybridized carbons (Fsp3) is 0.333. The molecule has 0 saturated carbocycles. The van der Waals surface area contributed by atoms with Gasteiger partial charge in [0.05, 0.1) is 5.69 Å². The van der Waals surface area contributed by atoms with Crippen LogP contribution >= 0.6 is 0 Å². The Labute approximate surface area is 211 Å². The normalized spacial score (nSPS) is 15.4. The van der Waals surface area contributed by atoms with E-state index in [0.717, 1.165) is 47.5 Å². The summed E-state index contributed by atoms with van der Waals surface area (Å²) < 4.78 is 0. The van der Waals surface area contributed by atoms with E-state index in [1.165, 1.54) is 0 Å². The Morgan fingerprint density at radius 2 is 1.69 bits per heavy atom. The number of amides is 2. The van der Waals surface area contributed by atoms with Crippen LogP contribution in [0, 0.1) is 0 Å². The molecule has 0 bridgehead atoms. The molecule has 2 amide bonds. The second kappa shape index (κ2) is 12.2. The van der Waals surface area contributed by atoms with Crippen molar-refractivity contribution in [3.63, 3.8) is 0 Å². The van der Waals surface area contributed by atoms with E-state index in [1.807, 2.05) is 56.3 Å². The molecule has 1 aliphatic heterocycles. The van der Waals surface area contributed by atoms with Crippen LogP contribution < -0.4 is 21.6 Å². The molecule has 1 atom stereocenters. The topological polar surface area (TPSA) is 111 Å². The van der Waals surface area contributed by atoms with Gasteiger partial charge in [0.1, 0.15) is 0 Å². The Kier molecular flexibility index (Phi) is 8.59. The number of hydrogen-bond donors (Lipinski definition) is 4. The molecular weight excluding hydrogens is 454 g/mol. The van der Waals surface area contributed by atoms with Gasteiger partial charge in [-0.3, -0.25) is 14.6 Å². The maximum atomic E-state index is 12.0. The molecule has 36 heavy (non-hydrogen) atoms. The van der Waals surface area contributed by atoms with Crippen LogP contribution in [0.25, 0.3) is 11.3 Å². The van der Waals surface area contributed by atoms with Crippen molar-refractivity contribution in [1.82, 2.24) is 25.9 Å². The van der Waals surface area contributed by atoms with Crippen molar-refractivity contribution < 1.29 is 9.59 Å². The van der Waals surface area contributed by atoms with Gasteiger partial charge in [0.25, 0.3) is 0 Å². The van der Waals surface area contributed by atoms with Gasteiger partial charge < -0.3 is 10.6 Å². The van der Waals surface area contributed by atoms with Gasteiger partial charge in [0.2, 0.25) is 17.8 Å². The quantitative estimate of drug-likeness (QED) is 0.346. The van der Waals surface area contributed by atoms with Crippen molar-refractivity contribution in [3.8, 4) is 11.3 Å². The molecule has 0 spiro atoms. The molecule has 4 N–H and O–H groups in total. The third kappa shape index (κ3) is 6.65. The van der Waals surface area contributed by atoms with Gasteiger partial charge in [-0.05, 0) is 55.2 Å². The highest BCUT2D eigenvalue weighted by molar-refractivity contribution is 5.90. The number of anilines is 3. The third-order valence-electron chi connectivity index (χ3n) is 5.95. The van der Waals surface area contributed by atoms with Crippen LogP contribution in [0.2, 0.25) is 0 Å². The molecule has 1 aliphatic rings. The van der Waals surface area contributed by atoms with Gasteiger partial charge in [0, 0.05) is 48.6 Å². The maximum absolute atomic E-state index is 12.0. The largest absolute Gasteiger partial charge is 0.326 e. The summed E-state index contributed by atoms with van der Waals surface area (Å²) in [6.07, 6.45) is 5.27. The maximum Gasteiger partial charge on any atom is 0.237 e. The first-order valence-corrected chi connectivity index (χ1v) is 12.5. The van der Waals surface area contributed by atoms with Gasteiger partial charge >= 0.3 is 0 Å². The van der Waals surface area contributed by atoms with Crippen LogP contribution in [0.1, 0.15) is 57.6 Å². The number of nitrogens with one attached hydrogen (secondary N) is 4. The van der Waals surface area contributed by atoms with E-state index < -0.39 is 0 Å². The molecule has 1 unspecified atom stereocenters. The summed E-state index contributed by atoms with van der Waals surface area (Å²) in [4.78, 5) is 32.8. The number of benzene rings is 2. The van der Waals surface area contributed by atoms with Crippen LogP contribution in [0.5, 0.6) is 0 Å². The lowest BCUT2D eigenvalue weighted by molar-refractivity contribution is -0.137.